The van der Waals surface area contributed by atoms with Gasteiger partial charge in [-0.05, 0) is 28.1 Å². The molecule has 1 saturated heterocycles. The second-order valence-corrected chi connectivity index (χ2v) is 4.91. The molecular formula is C12H13BrO6. The van der Waals surface area contributed by atoms with Crippen molar-refractivity contribution in [2.24, 2.45) is 0 Å². The molecule has 1 aliphatic rings. The molecule has 1 aromatic carbocycles. The SMILES string of the molecule is COc1cc(C(=O)O)cc(Br)c1OC1COCC1O. The molecule has 0 aliphatic carbocycles. The van der Waals surface area contributed by atoms with Crippen LogP contribution in [0.5, 0.6) is 11.5 Å². The fraction of sp³-hybridized carbons (Fsp3) is 0.417. The molecule has 1 fully saturated rings. The van der Waals surface area contributed by atoms with Crippen LogP contribution in [-0.2, 0) is 4.74 Å². The molecule has 2 unspecified atom stereocenters. The average Bonchev–Trinajstić information content (AvgIpc) is 2.77. The highest BCUT2D eigenvalue weighted by Gasteiger charge is 2.30. The van der Waals surface area contributed by atoms with Crippen LogP contribution in [0.15, 0.2) is 16.6 Å². The van der Waals surface area contributed by atoms with E-state index < -0.39 is 18.2 Å². The number of carbonyl (C=O) groups is 1. The number of rotatable bonds is 4. The molecule has 1 heterocycles. The van der Waals surface area contributed by atoms with Crippen molar-refractivity contribution in [3.05, 3.63) is 22.2 Å². The van der Waals surface area contributed by atoms with Gasteiger partial charge in [-0.3, -0.25) is 0 Å². The third-order valence-electron chi connectivity index (χ3n) is 2.75. The molecule has 1 aromatic rings. The maximum atomic E-state index is 11.0. The van der Waals surface area contributed by atoms with Gasteiger partial charge in [-0.15, -0.1) is 0 Å². The van der Waals surface area contributed by atoms with E-state index in [9.17, 15) is 9.90 Å². The Labute approximate surface area is 118 Å². The molecular weight excluding hydrogens is 320 g/mol. The minimum Gasteiger partial charge on any atom is -0.493 e. The van der Waals surface area contributed by atoms with Crippen LogP contribution in [0.25, 0.3) is 0 Å². The lowest BCUT2D eigenvalue weighted by Crippen LogP contribution is -2.30. The van der Waals surface area contributed by atoms with Crippen LogP contribution in [0.2, 0.25) is 0 Å². The number of carboxylic acids is 1. The quantitative estimate of drug-likeness (QED) is 0.864. The second kappa shape index (κ2) is 5.77. The van der Waals surface area contributed by atoms with Crippen molar-refractivity contribution in [3.8, 4) is 11.5 Å². The van der Waals surface area contributed by atoms with Crippen molar-refractivity contribution in [1.82, 2.24) is 0 Å². The highest BCUT2D eigenvalue weighted by Crippen LogP contribution is 2.38. The number of hydrogen-bond acceptors (Lipinski definition) is 5. The Balaban J connectivity index is 2.31. The summed E-state index contributed by atoms with van der Waals surface area (Å²) < 4.78 is 16.3. The number of aliphatic hydroxyl groups excluding tert-OH is 1. The van der Waals surface area contributed by atoms with Gasteiger partial charge in [0, 0.05) is 0 Å². The number of ether oxygens (including phenoxy) is 3. The van der Waals surface area contributed by atoms with Crippen molar-refractivity contribution >= 4 is 21.9 Å². The van der Waals surface area contributed by atoms with Gasteiger partial charge in [0.25, 0.3) is 0 Å². The summed E-state index contributed by atoms with van der Waals surface area (Å²) in [4.78, 5) is 11.0. The summed E-state index contributed by atoms with van der Waals surface area (Å²) in [6, 6.07) is 2.78. The summed E-state index contributed by atoms with van der Waals surface area (Å²) in [6.07, 6.45) is -1.21. The van der Waals surface area contributed by atoms with Crippen molar-refractivity contribution < 1.29 is 29.2 Å². The van der Waals surface area contributed by atoms with Gasteiger partial charge in [0.2, 0.25) is 0 Å². The zero-order chi connectivity index (χ0) is 14.0. The molecule has 7 heteroatoms. The molecule has 0 aromatic heterocycles. The minimum atomic E-state index is -1.06. The molecule has 0 saturated carbocycles. The van der Waals surface area contributed by atoms with Gasteiger partial charge in [-0.2, -0.15) is 0 Å². The van der Waals surface area contributed by atoms with E-state index >= 15 is 0 Å². The molecule has 2 N–H and O–H groups in total. The number of benzene rings is 1. The average molecular weight is 333 g/mol. The molecule has 0 spiro atoms. The number of halogens is 1. The van der Waals surface area contributed by atoms with Gasteiger partial charge in [0.05, 0.1) is 30.4 Å². The largest absolute Gasteiger partial charge is 0.493 e. The van der Waals surface area contributed by atoms with Crippen LogP contribution >= 0.6 is 15.9 Å². The molecule has 1 aliphatic heterocycles. The van der Waals surface area contributed by atoms with Crippen molar-refractivity contribution in [3.63, 3.8) is 0 Å². The van der Waals surface area contributed by atoms with Crippen LogP contribution in [0.1, 0.15) is 10.4 Å². The lowest BCUT2D eigenvalue weighted by atomic mass is 10.2. The Hall–Kier alpha value is -1.31. The number of hydrogen-bond donors (Lipinski definition) is 2. The van der Waals surface area contributed by atoms with Crippen molar-refractivity contribution in [2.45, 2.75) is 12.2 Å². The maximum absolute atomic E-state index is 11.0. The van der Waals surface area contributed by atoms with E-state index in [2.05, 4.69) is 15.9 Å². The predicted octanol–water partition coefficient (Wildman–Crippen LogP) is 1.29. The molecule has 19 heavy (non-hydrogen) atoms. The van der Waals surface area contributed by atoms with E-state index in [4.69, 9.17) is 19.3 Å². The zero-order valence-electron chi connectivity index (χ0n) is 10.1. The first-order valence-corrected chi connectivity index (χ1v) is 6.35. The summed E-state index contributed by atoms with van der Waals surface area (Å²) in [5.41, 5.74) is 0.0827. The number of aromatic carboxylic acids is 1. The van der Waals surface area contributed by atoms with Crippen LogP contribution in [0.4, 0.5) is 0 Å². The monoisotopic (exact) mass is 332 g/mol. The van der Waals surface area contributed by atoms with Gasteiger partial charge in [-0.1, -0.05) is 0 Å². The molecule has 2 atom stereocenters. The van der Waals surface area contributed by atoms with Crippen LogP contribution in [0, 0.1) is 0 Å². The Bertz CT molecular complexity index is 489. The van der Waals surface area contributed by atoms with E-state index in [-0.39, 0.29) is 24.5 Å². The van der Waals surface area contributed by atoms with Gasteiger partial charge >= 0.3 is 5.97 Å². The van der Waals surface area contributed by atoms with Crippen LogP contribution in [-0.4, -0.2) is 48.7 Å². The Morgan fingerprint density at radius 2 is 2.21 bits per heavy atom. The zero-order valence-corrected chi connectivity index (χ0v) is 11.7. The molecule has 0 radical (unpaired) electrons. The first-order chi connectivity index (χ1) is 9.02. The van der Waals surface area contributed by atoms with Crippen LogP contribution in [0.3, 0.4) is 0 Å². The first-order valence-electron chi connectivity index (χ1n) is 5.56. The summed E-state index contributed by atoms with van der Waals surface area (Å²) in [5, 5.41) is 18.6. The minimum absolute atomic E-state index is 0.0827. The molecule has 104 valence electrons. The Kier molecular flexibility index (Phi) is 4.28. The number of methoxy groups -OCH3 is 1. The topological polar surface area (TPSA) is 85.2 Å². The van der Waals surface area contributed by atoms with E-state index in [0.717, 1.165) is 0 Å². The number of carboxylic acid groups (broad SMARTS) is 1. The fourth-order valence-electron chi connectivity index (χ4n) is 1.74. The normalized spacial score (nSPS) is 22.3. The summed E-state index contributed by atoms with van der Waals surface area (Å²) in [7, 11) is 1.42. The highest BCUT2D eigenvalue weighted by molar-refractivity contribution is 9.10. The molecule has 0 bridgehead atoms. The summed E-state index contributed by atoms with van der Waals surface area (Å²) in [5.74, 6) is -0.428. The Morgan fingerprint density at radius 3 is 2.74 bits per heavy atom. The van der Waals surface area contributed by atoms with E-state index in [1.165, 1.54) is 19.2 Å². The fourth-order valence-corrected chi connectivity index (χ4v) is 2.28. The third kappa shape index (κ3) is 2.99. The lowest BCUT2D eigenvalue weighted by molar-refractivity contribution is 0.0686. The smallest absolute Gasteiger partial charge is 0.335 e. The van der Waals surface area contributed by atoms with Crippen LogP contribution < -0.4 is 9.47 Å². The second-order valence-electron chi connectivity index (χ2n) is 4.06. The summed E-state index contributed by atoms with van der Waals surface area (Å²) in [6.45, 7) is 0.495. The molecule has 2 rings (SSSR count). The third-order valence-corrected chi connectivity index (χ3v) is 3.33. The first kappa shape index (κ1) is 14.1. The highest BCUT2D eigenvalue weighted by atomic mass is 79.9. The molecule has 0 amide bonds. The summed E-state index contributed by atoms with van der Waals surface area (Å²) >= 11 is 3.24. The van der Waals surface area contributed by atoms with E-state index in [1.54, 1.807) is 0 Å². The number of aliphatic hydroxyl groups is 1. The van der Waals surface area contributed by atoms with E-state index in [1.807, 2.05) is 0 Å². The van der Waals surface area contributed by atoms with Gasteiger partial charge in [-0.25, -0.2) is 4.79 Å². The lowest BCUT2D eigenvalue weighted by Gasteiger charge is -2.19. The van der Waals surface area contributed by atoms with Gasteiger partial charge in [0.15, 0.2) is 17.6 Å². The maximum Gasteiger partial charge on any atom is 0.335 e. The van der Waals surface area contributed by atoms with Gasteiger partial charge < -0.3 is 24.4 Å². The molecule has 6 nitrogen and oxygen atoms in total. The van der Waals surface area contributed by atoms with Gasteiger partial charge in [0.1, 0.15) is 6.10 Å². The van der Waals surface area contributed by atoms with Crippen molar-refractivity contribution in [2.75, 3.05) is 20.3 Å². The van der Waals surface area contributed by atoms with E-state index in [0.29, 0.717) is 10.2 Å². The predicted molar refractivity (Wildman–Crippen MR) is 68.9 cm³/mol. The van der Waals surface area contributed by atoms with Crippen molar-refractivity contribution in [1.29, 1.82) is 0 Å². The standard InChI is InChI=1S/C12H13BrO6/c1-17-9-3-6(12(15)16)2-7(13)11(9)19-10-5-18-4-8(10)14/h2-3,8,10,14H,4-5H2,1H3,(H,15,16). The Morgan fingerprint density at radius 1 is 1.47 bits per heavy atom.